The van der Waals surface area contributed by atoms with Crippen LogP contribution in [-0.2, 0) is 9.59 Å². The average Bonchev–Trinajstić information content (AvgIpc) is 3.34. The van der Waals surface area contributed by atoms with Crippen LogP contribution in [0.2, 0.25) is 0 Å². The van der Waals surface area contributed by atoms with Gasteiger partial charge in [0.15, 0.2) is 0 Å². The number of hydrogen-bond acceptors (Lipinski definition) is 4. The quantitative estimate of drug-likeness (QED) is 0.262. The van der Waals surface area contributed by atoms with Crippen molar-refractivity contribution in [3.8, 4) is 0 Å². The summed E-state index contributed by atoms with van der Waals surface area (Å²) in [6.45, 7) is 3.68. The normalized spacial score (nSPS) is 17.9. The van der Waals surface area contributed by atoms with Crippen LogP contribution in [-0.4, -0.2) is 16.8 Å². The highest BCUT2D eigenvalue weighted by Gasteiger charge is 2.48. The summed E-state index contributed by atoms with van der Waals surface area (Å²) in [6, 6.07) is 23.2. The zero-order chi connectivity index (χ0) is 22.4. The van der Waals surface area contributed by atoms with Crippen molar-refractivity contribution < 1.29 is 19.1 Å². The van der Waals surface area contributed by atoms with Gasteiger partial charge in [0.05, 0.1) is 5.57 Å². The van der Waals surface area contributed by atoms with Crippen LogP contribution in [0.15, 0.2) is 88.9 Å². The van der Waals surface area contributed by atoms with Crippen molar-refractivity contribution in [2.45, 2.75) is 19.9 Å². The molecule has 5 rings (SSSR count). The summed E-state index contributed by atoms with van der Waals surface area (Å²) in [7, 11) is 0. The molecule has 0 bridgehead atoms. The Morgan fingerprint density at radius 2 is 1.59 bits per heavy atom. The highest BCUT2D eigenvalue weighted by atomic mass is 16.3. The SMILES string of the molecule is Cc1ccc(C2/C(=C(/O)c3ccc4ccccc4c3)C(=O)C(=O)N2c2ccccc2C)o1. The van der Waals surface area contributed by atoms with Crippen LogP contribution in [0.5, 0.6) is 0 Å². The van der Waals surface area contributed by atoms with Crippen molar-refractivity contribution in [3.05, 3.63) is 107 Å². The number of para-hydroxylation sites is 1. The molecule has 1 unspecified atom stereocenters. The second-order valence-electron chi connectivity index (χ2n) is 7.97. The van der Waals surface area contributed by atoms with E-state index in [1.807, 2.05) is 61.5 Å². The molecule has 0 saturated carbocycles. The molecule has 3 aromatic carbocycles. The lowest BCUT2D eigenvalue weighted by Crippen LogP contribution is -2.29. The van der Waals surface area contributed by atoms with Crippen LogP contribution < -0.4 is 4.90 Å². The summed E-state index contributed by atoms with van der Waals surface area (Å²) in [5, 5.41) is 13.2. The molecule has 1 saturated heterocycles. The number of rotatable bonds is 3. The lowest BCUT2D eigenvalue weighted by Gasteiger charge is -2.25. The topological polar surface area (TPSA) is 70.8 Å². The third-order valence-electron chi connectivity index (χ3n) is 5.87. The predicted octanol–water partition coefficient (Wildman–Crippen LogP) is 5.68. The summed E-state index contributed by atoms with van der Waals surface area (Å²) in [6.07, 6.45) is 0. The summed E-state index contributed by atoms with van der Waals surface area (Å²) < 4.78 is 5.85. The van der Waals surface area contributed by atoms with Gasteiger partial charge in [-0.05, 0) is 54.4 Å². The van der Waals surface area contributed by atoms with E-state index in [1.165, 1.54) is 4.90 Å². The monoisotopic (exact) mass is 423 g/mol. The molecular weight excluding hydrogens is 402 g/mol. The molecule has 2 heterocycles. The number of hydrogen-bond donors (Lipinski definition) is 1. The van der Waals surface area contributed by atoms with E-state index in [9.17, 15) is 14.7 Å². The molecule has 0 spiro atoms. The summed E-state index contributed by atoms with van der Waals surface area (Å²) in [5.41, 5.74) is 1.93. The Hall–Kier alpha value is -4.12. The number of aryl methyl sites for hydroxylation is 2. The van der Waals surface area contributed by atoms with Gasteiger partial charge in [0.1, 0.15) is 23.3 Å². The molecule has 5 nitrogen and oxygen atoms in total. The molecule has 0 radical (unpaired) electrons. The molecule has 1 amide bonds. The summed E-state index contributed by atoms with van der Waals surface area (Å²) >= 11 is 0. The minimum Gasteiger partial charge on any atom is -0.507 e. The van der Waals surface area contributed by atoms with Crippen LogP contribution in [0.25, 0.3) is 16.5 Å². The molecule has 1 aliphatic heterocycles. The Balaban J connectivity index is 1.74. The molecule has 4 aromatic rings. The molecule has 158 valence electrons. The van der Waals surface area contributed by atoms with Crippen molar-refractivity contribution in [3.63, 3.8) is 0 Å². The van der Waals surface area contributed by atoms with Gasteiger partial charge in [-0.15, -0.1) is 0 Å². The van der Waals surface area contributed by atoms with Crippen LogP contribution in [0.4, 0.5) is 5.69 Å². The number of aliphatic hydroxyl groups excluding tert-OH is 1. The zero-order valence-electron chi connectivity index (χ0n) is 17.7. The van der Waals surface area contributed by atoms with Crippen LogP contribution in [0.1, 0.15) is 28.7 Å². The maximum absolute atomic E-state index is 13.2. The fourth-order valence-electron chi connectivity index (χ4n) is 4.28. The first-order valence-corrected chi connectivity index (χ1v) is 10.4. The molecule has 1 atom stereocenters. The molecule has 1 aromatic heterocycles. The maximum atomic E-state index is 13.2. The number of furan rings is 1. The van der Waals surface area contributed by atoms with E-state index in [-0.39, 0.29) is 11.3 Å². The van der Waals surface area contributed by atoms with E-state index in [2.05, 4.69) is 0 Å². The molecule has 1 aliphatic rings. The van der Waals surface area contributed by atoms with Crippen LogP contribution >= 0.6 is 0 Å². The lowest BCUT2D eigenvalue weighted by molar-refractivity contribution is -0.132. The Morgan fingerprint density at radius 1 is 0.875 bits per heavy atom. The van der Waals surface area contributed by atoms with Gasteiger partial charge in [-0.25, -0.2) is 0 Å². The number of anilines is 1. The molecule has 5 heteroatoms. The van der Waals surface area contributed by atoms with E-state index in [0.717, 1.165) is 16.3 Å². The van der Waals surface area contributed by atoms with Gasteiger partial charge in [0, 0.05) is 11.3 Å². The van der Waals surface area contributed by atoms with Gasteiger partial charge in [0.2, 0.25) is 0 Å². The summed E-state index contributed by atoms with van der Waals surface area (Å²) in [4.78, 5) is 27.8. The third kappa shape index (κ3) is 3.10. The predicted molar refractivity (Wildman–Crippen MR) is 123 cm³/mol. The molecular formula is C27H21NO4. The highest BCUT2D eigenvalue weighted by Crippen LogP contribution is 2.43. The first kappa shape index (κ1) is 19.8. The standard InChI is InChI=1S/C27H21NO4/c1-16-7-3-6-10-21(16)28-24(22-14-11-17(2)32-22)23(26(30)27(28)31)25(29)20-13-12-18-8-4-5-9-19(18)15-20/h3-15,24,29H,1-2H3/b25-23-. The van der Waals surface area contributed by atoms with Gasteiger partial charge in [-0.2, -0.15) is 0 Å². The average molecular weight is 423 g/mol. The van der Waals surface area contributed by atoms with E-state index < -0.39 is 17.7 Å². The van der Waals surface area contributed by atoms with E-state index in [0.29, 0.717) is 22.8 Å². The Bertz CT molecular complexity index is 1410. The number of amides is 1. The number of aliphatic hydroxyl groups is 1. The number of carbonyl (C=O) groups excluding carboxylic acids is 2. The number of nitrogens with zero attached hydrogens (tertiary/aromatic N) is 1. The molecule has 1 fully saturated rings. The Kier molecular flexibility index (Phi) is 4.67. The van der Waals surface area contributed by atoms with Gasteiger partial charge in [-0.1, -0.05) is 54.6 Å². The van der Waals surface area contributed by atoms with Crippen molar-refractivity contribution in [1.82, 2.24) is 0 Å². The Labute approximate surface area is 185 Å². The van der Waals surface area contributed by atoms with Crippen molar-refractivity contribution >= 4 is 33.9 Å². The fraction of sp³-hybridized carbons (Fsp3) is 0.111. The fourth-order valence-corrected chi connectivity index (χ4v) is 4.28. The van der Waals surface area contributed by atoms with Gasteiger partial charge in [-0.3, -0.25) is 14.5 Å². The van der Waals surface area contributed by atoms with Crippen LogP contribution in [0, 0.1) is 13.8 Å². The van der Waals surface area contributed by atoms with Gasteiger partial charge in [0.25, 0.3) is 11.7 Å². The molecule has 32 heavy (non-hydrogen) atoms. The number of carbonyl (C=O) groups is 2. The smallest absolute Gasteiger partial charge is 0.300 e. The maximum Gasteiger partial charge on any atom is 0.300 e. The summed E-state index contributed by atoms with van der Waals surface area (Å²) in [5.74, 6) is -0.573. The van der Waals surface area contributed by atoms with Gasteiger partial charge < -0.3 is 9.52 Å². The van der Waals surface area contributed by atoms with E-state index >= 15 is 0 Å². The van der Waals surface area contributed by atoms with E-state index in [1.54, 1.807) is 31.2 Å². The molecule has 1 N–H and O–H groups in total. The van der Waals surface area contributed by atoms with Gasteiger partial charge >= 0.3 is 0 Å². The number of Topliss-reactive ketones (excluding diaryl/α,β-unsaturated/α-hetero) is 1. The molecule has 0 aliphatic carbocycles. The highest BCUT2D eigenvalue weighted by molar-refractivity contribution is 6.51. The minimum atomic E-state index is -0.865. The second-order valence-corrected chi connectivity index (χ2v) is 7.97. The van der Waals surface area contributed by atoms with E-state index in [4.69, 9.17) is 4.42 Å². The largest absolute Gasteiger partial charge is 0.507 e. The second kappa shape index (κ2) is 7.54. The van der Waals surface area contributed by atoms with Crippen LogP contribution in [0.3, 0.4) is 0 Å². The van der Waals surface area contributed by atoms with Crippen molar-refractivity contribution in [2.24, 2.45) is 0 Å². The minimum absolute atomic E-state index is 0.0166. The van der Waals surface area contributed by atoms with Crippen molar-refractivity contribution in [2.75, 3.05) is 4.90 Å². The Morgan fingerprint density at radius 3 is 2.31 bits per heavy atom. The first-order chi connectivity index (χ1) is 15.5. The number of ketones is 1. The number of fused-ring (bicyclic) bond motifs is 1. The first-order valence-electron chi connectivity index (χ1n) is 10.4. The van der Waals surface area contributed by atoms with Crippen molar-refractivity contribution in [1.29, 1.82) is 0 Å². The zero-order valence-corrected chi connectivity index (χ0v) is 17.7. The third-order valence-corrected chi connectivity index (χ3v) is 5.87. The lowest BCUT2D eigenvalue weighted by atomic mass is 9.97. The number of benzene rings is 3.